The standard InChI is InChI=1S/C19H22OS/c1-4-21(2,3)15-14-17-10-12-19(13-11-17)20-16-18-8-6-5-7-9-18/h5-13H,4,16H2,1-3H3. The van der Waals surface area contributed by atoms with Gasteiger partial charge in [-0.25, -0.2) is 0 Å². The molecule has 2 aromatic carbocycles. The maximum absolute atomic E-state index is 5.77. The van der Waals surface area contributed by atoms with Crippen molar-refractivity contribution in [2.75, 3.05) is 18.3 Å². The summed E-state index contributed by atoms with van der Waals surface area (Å²) in [5.74, 6) is 5.29. The molecule has 1 nitrogen and oxygen atoms in total. The van der Waals surface area contributed by atoms with E-state index in [1.54, 1.807) is 0 Å². The second-order valence-corrected chi connectivity index (χ2v) is 9.21. The predicted octanol–water partition coefficient (Wildman–Crippen LogP) is 4.66. The van der Waals surface area contributed by atoms with Crippen LogP contribution in [-0.4, -0.2) is 18.3 Å². The molecule has 0 aromatic heterocycles. The van der Waals surface area contributed by atoms with Crippen LogP contribution in [0.5, 0.6) is 5.75 Å². The second kappa shape index (κ2) is 7.24. The minimum absolute atomic E-state index is 0.596. The van der Waals surface area contributed by atoms with Gasteiger partial charge < -0.3 is 4.74 Å². The molecule has 0 fully saturated rings. The molecule has 0 saturated carbocycles. The molecule has 2 heteroatoms. The van der Waals surface area contributed by atoms with Gasteiger partial charge in [0.05, 0.1) is 0 Å². The van der Waals surface area contributed by atoms with Crippen LogP contribution in [0.3, 0.4) is 0 Å². The zero-order valence-electron chi connectivity index (χ0n) is 12.9. The van der Waals surface area contributed by atoms with E-state index >= 15 is 0 Å². The topological polar surface area (TPSA) is 9.23 Å². The quantitative estimate of drug-likeness (QED) is 0.746. The van der Waals surface area contributed by atoms with E-state index in [1.807, 2.05) is 42.5 Å². The van der Waals surface area contributed by atoms with Crippen LogP contribution in [0.4, 0.5) is 0 Å². The van der Waals surface area contributed by atoms with Crippen LogP contribution in [0, 0.1) is 11.2 Å². The summed E-state index contributed by atoms with van der Waals surface area (Å²) in [7, 11) is -0.766. The summed E-state index contributed by atoms with van der Waals surface area (Å²) in [6, 6.07) is 18.2. The van der Waals surface area contributed by atoms with E-state index in [2.05, 4.69) is 42.7 Å². The van der Waals surface area contributed by atoms with Crippen molar-refractivity contribution in [1.82, 2.24) is 0 Å². The Bertz CT molecular complexity index is 618. The Labute approximate surface area is 129 Å². The summed E-state index contributed by atoms with van der Waals surface area (Å²) in [5, 5.41) is 3.39. The van der Waals surface area contributed by atoms with Gasteiger partial charge in [-0.2, -0.15) is 10.0 Å². The summed E-state index contributed by atoms with van der Waals surface area (Å²) in [6.45, 7) is 2.80. The molecule has 0 aliphatic heterocycles. The SMILES string of the molecule is CCS(C)(C)C#Cc1ccc(OCc2ccccc2)cc1. The molecule has 0 unspecified atom stereocenters. The van der Waals surface area contributed by atoms with Gasteiger partial charge in [-0.3, -0.25) is 0 Å². The molecule has 0 spiro atoms. The highest BCUT2D eigenvalue weighted by molar-refractivity contribution is 8.36. The summed E-state index contributed by atoms with van der Waals surface area (Å²) < 4.78 is 5.77. The second-order valence-electron chi connectivity index (χ2n) is 5.35. The van der Waals surface area contributed by atoms with Gasteiger partial charge >= 0.3 is 0 Å². The fourth-order valence-corrected chi connectivity index (χ4v) is 2.18. The average molecular weight is 298 g/mol. The van der Waals surface area contributed by atoms with Crippen molar-refractivity contribution in [3.63, 3.8) is 0 Å². The zero-order valence-corrected chi connectivity index (χ0v) is 13.7. The third-order valence-corrected chi connectivity index (χ3v) is 5.39. The molecule has 0 bridgehead atoms. The highest BCUT2D eigenvalue weighted by Crippen LogP contribution is 2.37. The van der Waals surface area contributed by atoms with Gasteiger partial charge in [0, 0.05) is 5.56 Å². The van der Waals surface area contributed by atoms with E-state index in [1.165, 1.54) is 5.56 Å². The Balaban J connectivity index is 1.96. The van der Waals surface area contributed by atoms with Gasteiger partial charge in [0.25, 0.3) is 0 Å². The lowest BCUT2D eigenvalue weighted by Gasteiger charge is -2.20. The molecule has 0 aliphatic carbocycles. The highest BCUT2D eigenvalue weighted by Gasteiger charge is 2.02. The summed E-state index contributed by atoms with van der Waals surface area (Å²) in [6.07, 6.45) is 4.49. The van der Waals surface area contributed by atoms with Crippen molar-refractivity contribution < 1.29 is 4.74 Å². The predicted molar refractivity (Wildman–Crippen MR) is 94.1 cm³/mol. The molecule has 0 atom stereocenters. The van der Waals surface area contributed by atoms with Crippen LogP contribution in [0.1, 0.15) is 18.1 Å². The third kappa shape index (κ3) is 5.21. The van der Waals surface area contributed by atoms with E-state index in [4.69, 9.17) is 4.74 Å². The molecule has 0 heterocycles. The number of rotatable bonds is 4. The number of hydrogen-bond acceptors (Lipinski definition) is 1. The van der Waals surface area contributed by atoms with Gasteiger partial charge in [-0.15, -0.1) is 0 Å². The van der Waals surface area contributed by atoms with E-state index in [9.17, 15) is 0 Å². The van der Waals surface area contributed by atoms with E-state index in [0.717, 1.165) is 17.1 Å². The Hall–Kier alpha value is -1.85. The molecular formula is C19H22OS. The van der Waals surface area contributed by atoms with Crippen LogP contribution in [0.15, 0.2) is 54.6 Å². The van der Waals surface area contributed by atoms with Crippen molar-refractivity contribution in [3.05, 3.63) is 65.7 Å². The highest BCUT2D eigenvalue weighted by atomic mass is 32.3. The van der Waals surface area contributed by atoms with Crippen molar-refractivity contribution >= 4 is 10.0 Å². The van der Waals surface area contributed by atoms with E-state index in [0.29, 0.717) is 6.61 Å². The molecule has 0 saturated heterocycles. The smallest absolute Gasteiger partial charge is 0.119 e. The van der Waals surface area contributed by atoms with E-state index < -0.39 is 10.0 Å². The Morgan fingerprint density at radius 3 is 2.24 bits per heavy atom. The first-order chi connectivity index (χ1) is 10.1. The molecule has 0 amide bonds. The van der Waals surface area contributed by atoms with Crippen molar-refractivity contribution in [2.45, 2.75) is 13.5 Å². The largest absolute Gasteiger partial charge is 0.489 e. The molecular weight excluding hydrogens is 276 g/mol. The third-order valence-electron chi connectivity index (χ3n) is 3.30. The van der Waals surface area contributed by atoms with Crippen molar-refractivity contribution in [3.8, 4) is 16.9 Å². The molecule has 110 valence electrons. The first-order valence-electron chi connectivity index (χ1n) is 7.09. The van der Waals surface area contributed by atoms with Gasteiger partial charge in [-0.05, 0) is 53.3 Å². The summed E-state index contributed by atoms with van der Waals surface area (Å²) in [4.78, 5) is 0. The van der Waals surface area contributed by atoms with Crippen LogP contribution >= 0.6 is 10.0 Å². The molecule has 0 N–H and O–H groups in total. The van der Waals surface area contributed by atoms with Gasteiger partial charge in [0.1, 0.15) is 12.4 Å². The fourth-order valence-electron chi connectivity index (χ4n) is 1.64. The number of hydrogen-bond donors (Lipinski definition) is 0. The van der Waals surface area contributed by atoms with Crippen LogP contribution < -0.4 is 4.74 Å². The van der Waals surface area contributed by atoms with Gasteiger partial charge in [0.15, 0.2) is 0 Å². The first-order valence-corrected chi connectivity index (χ1v) is 9.71. The minimum Gasteiger partial charge on any atom is -0.489 e. The average Bonchev–Trinajstić information content (AvgIpc) is 2.53. The maximum Gasteiger partial charge on any atom is 0.119 e. The molecule has 2 rings (SSSR count). The Morgan fingerprint density at radius 2 is 1.62 bits per heavy atom. The lowest BCUT2D eigenvalue weighted by molar-refractivity contribution is 0.306. The van der Waals surface area contributed by atoms with Crippen LogP contribution in [0.25, 0.3) is 0 Å². The number of ether oxygens (including phenoxy) is 1. The molecule has 2 aromatic rings. The Kier molecular flexibility index (Phi) is 5.36. The summed E-state index contributed by atoms with van der Waals surface area (Å²) in [5.41, 5.74) is 2.23. The Morgan fingerprint density at radius 1 is 0.952 bits per heavy atom. The monoisotopic (exact) mass is 298 g/mol. The maximum atomic E-state index is 5.77. The van der Waals surface area contributed by atoms with Crippen molar-refractivity contribution in [1.29, 1.82) is 0 Å². The van der Waals surface area contributed by atoms with Gasteiger partial charge in [0.2, 0.25) is 0 Å². The zero-order chi connectivity index (χ0) is 15.1. The number of benzene rings is 2. The molecule has 0 radical (unpaired) electrons. The molecule has 21 heavy (non-hydrogen) atoms. The van der Waals surface area contributed by atoms with Crippen molar-refractivity contribution in [2.24, 2.45) is 0 Å². The molecule has 0 aliphatic rings. The summed E-state index contributed by atoms with van der Waals surface area (Å²) >= 11 is 0. The van der Waals surface area contributed by atoms with Crippen LogP contribution in [-0.2, 0) is 6.61 Å². The van der Waals surface area contributed by atoms with Gasteiger partial charge in [-0.1, -0.05) is 43.2 Å². The minimum atomic E-state index is -0.766. The fraction of sp³-hybridized carbons (Fsp3) is 0.263. The van der Waals surface area contributed by atoms with E-state index in [-0.39, 0.29) is 0 Å². The lowest BCUT2D eigenvalue weighted by atomic mass is 10.2. The first kappa shape index (κ1) is 15.5. The lowest BCUT2D eigenvalue weighted by Crippen LogP contribution is -1.95. The normalized spacial score (nSPS) is 11.4. The van der Waals surface area contributed by atoms with Crippen LogP contribution in [0.2, 0.25) is 0 Å².